The predicted molar refractivity (Wildman–Crippen MR) is 143 cm³/mol. The highest BCUT2D eigenvalue weighted by Gasteiger charge is 2.38. The van der Waals surface area contributed by atoms with Gasteiger partial charge in [0, 0.05) is 75.1 Å². The van der Waals surface area contributed by atoms with Crippen LogP contribution in [0.25, 0.3) is 0 Å². The summed E-state index contributed by atoms with van der Waals surface area (Å²) in [6.45, 7) is 6.08. The third kappa shape index (κ3) is 5.59. The molecule has 0 aliphatic carbocycles. The number of nitro groups is 1. The van der Waals surface area contributed by atoms with E-state index in [4.69, 9.17) is 4.74 Å². The maximum absolute atomic E-state index is 13.4. The minimum Gasteiger partial charge on any atom is -0.497 e. The van der Waals surface area contributed by atoms with E-state index in [2.05, 4.69) is 46.2 Å². The minimum absolute atomic E-state index is 0.0141. The summed E-state index contributed by atoms with van der Waals surface area (Å²) in [5, 5.41) is 11.0. The Morgan fingerprint density at radius 2 is 1.68 bits per heavy atom. The summed E-state index contributed by atoms with van der Waals surface area (Å²) in [4.78, 5) is 30.8. The number of amides is 1. The van der Waals surface area contributed by atoms with Gasteiger partial charge in [0.15, 0.2) is 0 Å². The smallest absolute Gasteiger partial charge is 0.269 e. The van der Waals surface area contributed by atoms with Gasteiger partial charge in [0.1, 0.15) is 5.75 Å². The van der Waals surface area contributed by atoms with Crippen LogP contribution in [0.4, 0.5) is 11.4 Å². The van der Waals surface area contributed by atoms with E-state index in [1.165, 1.54) is 23.4 Å². The van der Waals surface area contributed by atoms with Crippen LogP contribution >= 0.6 is 0 Å². The first-order valence-electron chi connectivity index (χ1n) is 12.7. The number of carbonyl (C=O) groups excluding carboxylic acids is 1. The van der Waals surface area contributed by atoms with Gasteiger partial charge in [0.2, 0.25) is 0 Å². The van der Waals surface area contributed by atoms with Gasteiger partial charge in [0.05, 0.1) is 12.0 Å². The lowest BCUT2D eigenvalue weighted by atomic mass is 9.88. The van der Waals surface area contributed by atoms with E-state index >= 15 is 0 Å². The number of non-ortho nitro benzene ring substituents is 1. The summed E-state index contributed by atoms with van der Waals surface area (Å²) in [6.07, 6.45) is 0. The Balaban J connectivity index is 1.31. The molecular formula is C29H32N4O4. The molecule has 5 rings (SSSR count). The van der Waals surface area contributed by atoms with Crippen molar-refractivity contribution in [2.45, 2.75) is 5.92 Å². The average molecular weight is 501 g/mol. The van der Waals surface area contributed by atoms with Crippen LogP contribution in [0.15, 0.2) is 78.9 Å². The summed E-state index contributed by atoms with van der Waals surface area (Å²) >= 11 is 0. The van der Waals surface area contributed by atoms with Crippen molar-refractivity contribution < 1.29 is 14.5 Å². The number of ether oxygens (including phenoxy) is 1. The fraction of sp³-hybridized carbons (Fsp3) is 0.345. The van der Waals surface area contributed by atoms with Crippen LogP contribution in [-0.2, 0) is 0 Å². The molecule has 8 nitrogen and oxygen atoms in total. The number of methoxy groups -OCH3 is 1. The summed E-state index contributed by atoms with van der Waals surface area (Å²) in [7, 11) is 1.67. The van der Waals surface area contributed by atoms with E-state index < -0.39 is 4.92 Å². The number of anilines is 1. The largest absolute Gasteiger partial charge is 0.497 e. The minimum atomic E-state index is -0.448. The molecule has 37 heavy (non-hydrogen) atoms. The van der Waals surface area contributed by atoms with Crippen molar-refractivity contribution in [3.63, 3.8) is 0 Å². The van der Waals surface area contributed by atoms with Crippen LogP contribution < -0.4 is 9.64 Å². The second-order valence-electron chi connectivity index (χ2n) is 9.78. The molecule has 1 amide bonds. The van der Waals surface area contributed by atoms with Gasteiger partial charge in [0.25, 0.3) is 11.6 Å². The molecule has 2 heterocycles. The van der Waals surface area contributed by atoms with Crippen LogP contribution in [0, 0.1) is 16.0 Å². The summed E-state index contributed by atoms with van der Waals surface area (Å²) in [5.41, 5.74) is 2.90. The molecule has 2 unspecified atom stereocenters. The van der Waals surface area contributed by atoms with Gasteiger partial charge in [-0.3, -0.25) is 19.8 Å². The van der Waals surface area contributed by atoms with Gasteiger partial charge in [-0.15, -0.1) is 0 Å². The van der Waals surface area contributed by atoms with Crippen molar-refractivity contribution in [3.05, 3.63) is 100 Å². The second-order valence-corrected chi connectivity index (χ2v) is 9.78. The number of rotatable bonds is 7. The SMILES string of the molecule is COc1cccc(C2CN(C(=O)c3ccc([N+](=O)[O-])cc3)CC2CN2CCN(c3ccccc3)CC2)c1. The number of piperazine rings is 1. The normalized spacial score (nSPS) is 20.1. The fourth-order valence-electron chi connectivity index (χ4n) is 5.54. The Labute approximate surface area is 217 Å². The Bertz CT molecular complexity index is 1230. The molecule has 3 aromatic rings. The van der Waals surface area contributed by atoms with E-state index in [0.717, 1.165) is 38.5 Å². The Kier molecular flexibility index (Phi) is 7.37. The van der Waals surface area contributed by atoms with Crippen molar-refractivity contribution in [1.29, 1.82) is 0 Å². The number of carbonyl (C=O) groups is 1. The lowest BCUT2D eigenvalue weighted by molar-refractivity contribution is -0.384. The topological polar surface area (TPSA) is 79.2 Å². The van der Waals surface area contributed by atoms with Crippen molar-refractivity contribution in [3.8, 4) is 5.75 Å². The van der Waals surface area contributed by atoms with E-state index in [-0.39, 0.29) is 23.4 Å². The molecule has 2 aliphatic heterocycles. The van der Waals surface area contributed by atoms with Crippen molar-refractivity contribution in [2.24, 2.45) is 5.92 Å². The third-order valence-electron chi connectivity index (χ3n) is 7.56. The first kappa shape index (κ1) is 24.8. The molecule has 192 valence electrons. The maximum atomic E-state index is 13.4. The second kappa shape index (κ2) is 11.0. The summed E-state index contributed by atoms with van der Waals surface area (Å²) in [5.74, 6) is 1.19. The van der Waals surface area contributed by atoms with Crippen molar-refractivity contribution >= 4 is 17.3 Å². The van der Waals surface area contributed by atoms with Gasteiger partial charge in [-0.05, 0) is 47.9 Å². The number of hydrogen-bond donors (Lipinski definition) is 0. The molecule has 0 N–H and O–H groups in total. The standard InChI is InChI=1S/C29H32N4O4/c1-37-27-9-5-6-23(18-27)28-21-32(29(34)22-10-12-26(13-11-22)33(35)36)20-24(28)19-30-14-16-31(17-15-30)25-7-3-2-4-8-25/h2-13,18,24,28H,14-17,19-21H2,1H3. The molecular weight excluding hydrogens is 468 g/mol. The number of nitro benzene ring substituents is 1. The highest BCUT2D eigenvalue weighted by atomic mass is 16.6. The van der Waals surface area contributed by atoms with E-state index in [0.29, 0.717) is 18.7 Å². The fourth-order valence-corrected chi connectivity index (χ4v) is 5.54. The quantitative estimate of drug-likeness (QED) is 0.356. The van der Waals surface area contributed by atoms with Crippen molar-refractivity contribution in [2.75, 3.05) is 57.8 Å². The molecule has 0 bridgehead atoms. The van der Waals surface area contributed by atoms with Crippen LogP contribution in [0.2, 0.25) is 0 Å². The first-order valence-corrected chi connectivity index (χ1v) is 12.7. The molecule has 2 aliphatic rings. The number of nitrogens with zero attached hydrogens (tertiary/aromatic N) is 4. The third-order valence-corrected chi connectivity index (χ3v) is 7.56. The predicted octanol–water partition coefficient (Wildman–Crippen LogP) is 4.28. The van der Waals surface area contributed by atoms with Crippen LogP contribution in [0.1, 0.15) is 21.8 Å². The number of benzene rings is 3. The zero-order valence-corrected chi connectivity index (χ0v) is 21.0. The van der Waals surface area contributed by atoms with Crippen molar-refractivity contribution in [1.82, 2.24) is 9.80 Å². The zero-order valence-electron chi connectivity index (χ0n) is 21.0. The molecule has 2 saturated heterocycles. The lowest BCUT2D eigenvalue weighted by Crippen LogP contribution is -2.48. The molecule has 3 aromatic carbocycles. The van der Waals surface area contributed by atoms with Gasteiger partial charge < -0.3 is 14.5 Å². The van der Waals surface area contributed by atoms with Crippen LogP contribution in [0.3, 0.4) is 0 Å². The molecule has 0 aromatic heterocycles. The molecule has 0 saturated carbocycles. The molecule has 2 fully saturated rings. The molecule has 0 spiro atoms. The summed E-state index contributed by atoms with van der Waals surface area (Å²) < 4.78 is 5.48. The Hall–Kier alpha value is -3.91. The zero-order chi connectivity index (χ0) is 25.8. The van der Waals surface area contributed by atoms with E-state index in [1.54, 1.807) is 19.2 Å². The first-order chi connectivity index (χ1) is 18.0. The highest BCUT2D eigenvalue weighted by molar-refractivity contribution is 5.94. The Morgan fingerprint density at radius 3 is 2.35 bits per heavy atom. The highest BCUT2D eigenvalue weighted by Crippen LogP contribution is 2.36. The maximum Gasteiger partial charge on any atom is 0.269 e. The van der Waals surface area contributed by atoms with E-state index in [1.807, 2.05) is 23.1 Å². The number of likely N-dealkylation sites (tertiary alicyclic amines) is 1. The molecule has 8 heteroatoms. The van der Waals surface area contributed by atoms with Crippen LogP contribution in [0.5, 0.6) is 5.75 Å². The number of hydrogen-bond acceptors (Lipinski definition) is 6. The van der Waals surface area contributed by atoms with Gasteiger partial charge >= 0.3 is 0 Å². The number of para-hydroxylation sites is 1. The monoisotopic (exact) mass is 500 g/mol. The molecule has 0 radical (unpaired) electrons. The van der Waals surface area contributed by atoms with Gasteiger partial charge in [-0.25, -0.2) is 0 Å². The lowest BCUT2D eigenvalue weighted by Gasteiger charge is -2.37. The summed E-state index contributed by atoms with van der Waals surface area (Å²) in [6, 6.07) is 24.6. The van der Waals surface area contributed by atoms with E-state index in [9.17, 15) is 14.9 Å². The van der Waals surface area contributed by atoms with Gasteiger partial charge in [-0.1, -0.05) is 30.3 Å². The molecule has 2 atom stereocenters. The van der Waals surface area contributed by atoms with Crippen LogP contribution in [-0.4, -0.2) is 73.6 Å². The average Bonchev–Trinajstić information content (AvgIpc) is 3.37. The Morgan fingerprint density at radius 1 is 0.946 bits per heavy atom. The van der Waals surface area contributed by atoms with Gasteiger partial charge in [-0.2, -0.15) is 0 Å².